The zero-order valence-electron chi connectivity index (χ0n) is 10.3. The maximum Gasteiger partial charge on any atom is 0.145 e. The van der Waals surface area contributed by atoms with E-state index < -0.39 is 0 Å². The molecule has 0 fully saturated rings. The van der Waals surface area contributed by atoms with Gasteiger partial charge in [0.15, 0.2) is 0 Å². The Hall–Kier alpha value is -1.33. The number of likely N-dealkylation sites (N-methyl/N-ethyl adjacent to an activating group) is 1. The van der Waals surface area contributed by atoms with Crippen LogP contribution >= 0.6 is 11.3 Å². The van der Waals surface area contributed by atoms with E-state index in [1.807, 2.05) is 33.3 Å². The van der Waals surface area contributed by atoms with Gasteiger partial charge >= 0.3 is 0 Å². The van der Waals surface area contributed by atoms with E-state index in [0.717, 1.165) is 28.5 Å². The van der Waals surface area contributed by atoms with Gasteiger partial charge in [-0.3, -0.25) is 0 Å². The number of hydrogen-bond acceptors (Lipinski definition) is 5. The molecule has 2 rings (SSSR count). The Morgan fingerprint density at radius 3 is 2.53 bits per heavy atom. The van der Waals surface area contributed by atoms with Gasteiger partial charge in [0, 0.05) is 24.2 Å². The van der Waals surface area contributed by atoms with Crippen LogP contribution in [0.15, 0.2) is 17.8 Å². The standard InChI is InChI=1S/C12H16N4S/c1-8-5-14-12(15-6-8)11(13-3)4-10-7-17-9(2)16-10/h5-7,11,13H,4H2,1-3H3. The molecule has 0 aliphatic carbocycles. The maximum absolute atomic E-state index is 4.46. The molecule has 0 radical (unpaired) electrons. The van der Waals surface area contributed by atoms with Crippen molar-refractivity contribution in [3.05, 3.63) is 39.9 Å². The highest BCUT2D eigenvalue weighted by molar-refractivity contribution is 7.09. The summed E-state index contributed by atoms with van der Waals surface area (Å²) >= 11 is 1.67. The van der Waals surface area contributed by atoms with Crippen LogP contribution in [0.25, 0.3) is 0 Å². The van der Waals surface area contributed by atoms with Crippen LogP contribution in [0.1, 0.15) is 28.1 Å². The molecular formula is C12H16N4S. The minimum absolute atomic E-state index is 0.122. The largest absolute Gasteiger partial charge is 0.310 e. The van der Waals surface area contributed by atoms with E-state index in [4.69, 9.17) is 0 Å². The van der Waals surface area contributed by atoms with Gasteiger partial charge in [-0.25, -0.2) is 15.0 Å². The highest BCUT2D eigenvalue weighted by Crippen LogP contribution is 2.16. The molecule has 17 heavy (non-hydrogen) atoms. The fraction of sp³-hybridized carbons (Fsp3) is 0.417. The van der Waals surface area contributed by atoms with E-state index in [9.17, 15) is 0 Å². The van der Waals surface area contributed by atoms with E-state index in [0.29, 0.717) is 0 Å². The Morgan fingerprint density at radius 1 is 1.29 bits per heavy atom. The van der Waals surface area contributed by atoms with Gasteiger partial charge in [-0.2, -0.15) is 0 Å². The second-order valence-corrected chi connectivity index (χ2v) is 5.08. The topological polar surface area (TPSA) is 50.7 Å². The van der Waals surface area contributed by atoms with Gasteiger partial charge in [-0.15, -0.1) is 11.3 Å². The molecule has 5 heteroatoms. The molecule has 0 spiro atoms. The summed E-state index contributed by atoms with van der Waals surface area (Å²) in [6.45, 7) is 4.01. The lowest BCUT2D eigenvalue weighted by atomic mass is 10.1. The third-order valence-electron chi connectivity index (χ3n) is 2.54. The molecule has 2 heterocycles. The fourth-order valence-electron chi connectivity index (χ4n) is 1.62. The Balaban J connectivity index is 2.13. The second kappa shape index (κ2) is 5.33. The molecule has 1 atom stereocenters. The average Bonchev–Trinajstić information content (AvgIpc) is 2.73. The van der Waals surface area contributed by atoms with Crippen molar-refractivity contribution < 1.29 is 0 Å². The van der Waals surface area contributed by atoms with Crippen LogP contribution in [-0.4, -0.2) is 22.0 Å². The lowest BCUT2D eigenvalue weighted by molar-refractivity contribution is 0.551. The van der Waals surface area contributed by atoms with E-state index in [2.05, 4.69) is 25.6 Å². The van der Waals surface area contributed by atoms with Gasteiger partial charge in [-0.1, -0.05) is 0 Å². The minimum Gasteiger partial charge on any atom is -0.310 e. The molecule has 4 nitrogen and oxygen atoms in total. The normalized spacial score (nSPS) is 12.6. The Morgan fingerprint density at radius 2 is 2.00 bits per heavy atom. The summed E-state index contributed by atoms with van der Waals surface area (Å²) in [4.78, 5) is 13.2. The van der Waals surface area contributed by atoms with Crippen LogP contribution < -0.4 is 5.32 Å². The molecule has 1 N–H and O–H groups in total. The molecule has 0 bridgehead atoms. The third-order valence-corrected chi connectivity index (χ3v) is 3.36. The zero-order chi connectivity index (χ0) is 12.3. The molecule has 2 aromatic heterocycles. The number of nitrogens with zero attached hydrogens (tertiary/aromatic N) is 3. The van der Waals surface area contributed by atoms with Crippen LogP contribution in [0.2, 0.25) is 0 Å². The van der Waals surface area contributed by atoms with E-state index in [1.54, 1.807) is 11.3 Å². The third kappa shape index (κ3) is 3.08. The summed E-state index contributed by atoms with van der Waals surface area (Å²) in [6.07, 6.45) is 4.52. The predicted octanol–water partition coefficient (Wildman–Crippen LogP) is 2.05. The number of hydrogen-bond donors (Lipinski definition) is 1. The molecule has 0 saturated heterocycles. The molecule has 1 unspecified atom stereocenters. The first-order chi connectivity index (χ1) is 8.19. The van der Waals surface area contributed by atoms with Gasteiger partial charge in [0.05, 0.1) is 16.7 Å². The first-order valence-corrected chi connectivity index (χ1v) is 6.44. The second-order valence-electron chi connectivity index (χ2n) is 4.02. The molecular weight excluding hydrogens is 232 g/mol. The van der Waals surface area contributed by atoms with Crippen molar-refractivity contribution in [2.75, 3.05) is 7.05 Å². The van der Waals surface area contributed by atoms with Crippen LogP contribution in [0.5, 0.6) is 0 Å². The molecule has 90 valence electrons. The smallest absolute Gasteiger partial charge is 0.145 e. The Bertz CT molecular complexity index is 478. The molecule has 2 aromatic rings. The van der Waals surface area contributed by atoms with Gasteiger partial charge in [0.1, 0.15) is 5.82 Å². The first kappa shape index (κ1) is 12.1. The highest BCUT2D eigenvalue weighted by Gasteiger charge is 2.14. The quantitative estimate of drug-likeness (QED) is 0.899. The zero-order valence-corrected chi connectivity index (χ0v) is 11.1. The van der Waals surface area contributed by atoms with Crippen LogP contribution in [0.4, 0.5) is 0 Å². The number of aromatic nitrogens is 3. The van der Waals surface area contributed by atoms with Gasteiger partial charge < -0.3 is 5.32 Å². The van der Waals surface area contributed by atoms with Crippen molar-refractivity contribution >= 4 is 11.3 Å². The molecule has 0 aromatic carbocycles. The monoisotopic (exact) mass is 248 g/mol. The van der Waals surface area contributed by atoms with Crippen molar-refractivity contribution in [3.8, 4) is 0 Å². The van der Waals surface area contributed by atoms with Gasteiger partial charge in [-0.05, 0) is 26.5 Å². The van der Waals surface area contributed by atoms with Crippen molar-refractivity contribution in [3.63, 3.8) is 0 Å². The summed E-state index contributed by atoms with van der Waals surface area (Å²) in [7, 11) is 1.92. The van der Waals surface area contributed by atoms with E-state index in [1.165, 1.54) is 0 Å². The number of rotatable bonds is 4. The predicted molar refractivity (Wildman–Crippen MR) is 69.1 cm³/mol. The van der Waals surface area contributed by atoms with Crippen LogP contribution in [-0.2, 0) is 6.42 Å². The number of thiazole rings is 1. The number of nitrogens with one attached hydrogen (secondary N) is 1. The lowest BCUT2D eigenvalue weighted by Gasteiger charge is -2.13. The van der Waals surface area contributed by atoms with E-state index >= 15 is 0 Å². The highest BCUT2D eigenvalue weighted by atomic mass is 32.1. The Labute approximate surface area is 105 Å². The molecule has 0 saturated carbocycles. The summed E-state index contributed by atoms with van der Waals surface area (Å²) in [6, 6.07) is 0.122. The van der Waals surface area contributed by atoms with Crippen LogP contribution in [0, 0.1) is 13.8 Å². The molecule has 0 aliphatic heterocycles. The fourth-order valence-corrected chi connectivity index (χ4v) is 2.24. The summed E-state index contributed by atoms with van der Waals surface area (Å²) in [5.41, 5.74) is 2.17. The maximum atomic E-state index is 4.46. The minimum atomic E-state index is 0.122. The van der Waals surface area contributed by atoms with Crippen molar-refractivity contribution in [2.45, 2.75) is 26.3 Å². The Kier molecular flexibility index (Phi) is 3.81. The molecule has 0 amide bonds. The lowest BCUT2D eigenvalue weighted by Crippen LogP contribution is -2.21. The van der Waals surface area contributed by atoms with Gasteiger partial charge in [0.2, 0.25) is 0 Å². The first-order valence-electron chi connectivity index (χ1n) is 5.56. The van der Waals surface area contributed by atoms with Gasteiger partial charge in [0.25, 0.3) is 0 Å². The van der Waals surface area contributed by atoms with Crippen molar-refractivity contribution in [1.82, 2.24) is 20.3 Å². The summed E-state index contributed by atoms with van der Waals surface area (Å²) in [5, 5.41) is 6.42. The summed E-state index contributed by atoms with van der Waals surface area (Å²) < 4.78 is 0. The van der Waals surface area contributed by atoms with Crippen molar-refractivity contribution in [2.24, 2.45) is 0 Å². The van der Waals surface area contributed by atoms with Crippen LogP contribution in [0.3, 0.4) is 0 Å². The average molecular weight is 248 g/mol. The van der Waals surface area contributed by atoms with E-state index in [-0.39, 0.29) is 6.04 Å². The SMILES string of the molecule is CNC(Cc1csc(C)n1)c1ncc(C)cn1. The summed E-state index contributed by atoms with van der Waals surface area (Å²) in [5.74, 6) is 0.823. The molecule has 0 aliphatic rings. The van der Waals surface area contributed by atoms with Crippen molar-refractivity contribution in [1.29, 1.82) is 0 Å². The number of aryl methyl sites for hydroxylation is 2.